The van der Waals surface area contributed by atoms with Crippen LogP contribution in [-0.4, -0.2) is 28.5 Å². The van der Waals surface area contributed by atoms with Crippen LogP contribution < -0.4 is 4.74 Å². The fourth-order valence-electron chi connectivity index (χ4n) is 3.42. The molecule has 0 saturated heterocycles. The van der Waals surface area contributed by atoms with E-state index in [1.54, 1.807) is 24.4 Å². The Balaban J connectivity index is 1.78. The predicted octanol–water partition coefficient (Wildman–Crippen LogP) is 4.14. The number of pyridine rings is 1. The van der Waals surface area contributed by atoms with Gasteiger partial charge in [0.25, 0.3) is 10.0 Å². The van der Waals surface area contributed by atoms with Gasteiger partial charge in [-0.05, 0) is 61.0 Å². The summed E-state index contributed by atoms with van der Waals surface area (Å²) in [5, 5.41) is 9.48. The number of rotatable bonds is 6. The number of carboxylic acid groups (broad SMARTS) is 1. The molecule has 0 aliphatic rings. The molecule has 0 fully saturated rings. The van der Waals surface area contributed by atoms with Crippen LogP contribution in [-0.2, 0) is 21.2 Å². The van der Waals surface area contributed by atoms with Gasteiger partial charge >= 0.3 is 5.97 Å². The number of aliphatic carboxylic acids is 1. The van der Waals surface area contributed by atoms with Crippen LogP contribution in [0.3, 0.4) is 0 Å². The van der Waals surface area contributed by atoms with Gasteiger partial charge in [-0.2, -0.15) is 0 Å². The third-order valence-corrected chi connectivity index (χ3v) is 6.61. The maximum absolute atomic E-state index is 13.8. The first-order valence-electron chi connectivity index (χ1n) is 9.23. The van der Waals surface area contributed by atoms with Crippen molar-refractivity contribution in [3.8, 4) is 11.6 Å². The zero-order chi connectivity index (χ0) is 22.2. The Bertz CT molecular complexity index is 1380. The van der Waals surface area contributed by atoms with Gasteiger partial charge < -0.3 is 9.84 Å². The predicted molar refractivity (Wildman–Crippen MR) is 111 cm³/mol. The summed E-state index contributed by atoms with van der Waals surface area (Å²) < 4.78 is 47.2. The molecule has 9 heteroatoms. The minimum Gasteiger partial charge on any atom is -0.481 e. The number of hydrogen-bond donors (Lipinski definition) is 1. The highest BCUT2D eigenvalue weighted by Crippen LogP contribution is 2.32. The van der Waals surface area contributed by atoms with Crippen molar-refractivity contribution < 1.29 is 27.4 Å². The second kappa shape index (κ2) is 7.84. The third kappa shape index (κ3) is 3.87. The van der Waals surface area contributed by atoms with Crippen LogP contribution >= 0.6 is 0 Å². The van der Waals surface area contributed by atoms with E-state index in [0.717, 1.165) is 16.1 Å². The van der Waals surface area contributed by atoms with Crippen LogP contribution in [0, 0.1) is 12.7 Å². The van der Waals surface area contributed by atoms with Crippen molar-refractivity contribution in [2.24, 2.45) is 0 Å². The summed E-state index contributed by atoms with van der Waals surface area (Å²) in [7, 11) is -4.08. The summed E-state index contributed by atoms with van der Waals surface area (Å²) in [6, 6.07) is 14.6. The van der Waals surface area contributed by atoms with E-state index in [1.807, 2.05) is 0 Å². The minimum atomic E-state index is -4.08. The molecule has 0 bridgehead atoms. The highest BCUT2D eigenvalue weighted by Gasteiger charge is 2.26. The molecular weight excluding hydrogens is 423 g/mol. The normalized spacial score (nSPS) is 11.5. The third-order valence-electron chi connectivity index (χ3n) is 4.79. The van der Waals surface area contributed by atoms with Gasteiger partial charge in [-0.15, -0.1) is 0 Å². The number of nitrogens with zero attached hydrogens (tertiary/aromatic N) is 2. The Morgan fingerprint density at radius 2 is 1.87 bits per heavy atom. The molecule has 2 aromatic carbocycles. The van der Waals surface area contributed by atoms with E-state index in [2.05, 4.69) is 4.98 Å². The van der Waals surface area contributed by atoms with Gasteiger partial charge in [0.05, 0.1) is 16.8 Å². The molecule has 0 saturated carbocycles. The molecule has 4 aromatic rings. The zero-order valence-corrected chi connectivity index (χ0v) is 17.1. The Kier molecular flexibility index (Phi) is 5.20. The number of benzene rings is 2. The molecule has 0 unspecified atom stereocenters. The minimum absolute atomic E-state index is 0.0212. The van der Waals surface area contributed by atoms with Crippen molar-refractivity contribution in [3.05, 3.63) is 83.9 Å². The first-order chi connectivity index (χ1) is 14.8. The second-order valence-corrected chi connectivity index (χ2v) is 8.59. The molecule has 2 heterocycles. The average Bonchev–Trinajstić information content (AvgIpc) is 3.00. The number of halogens is 1. The average molecular weight is 440 g/mol. The lowest BCUT2D eigenvalue weighted by Gasteiger charge is -2.11. The molecular formula is C22H17FN2O5S. The molecule has 4 rings (SSSR count). The smallest absolute Gasteiger partial charge is 0.307 e. The molecule has 0 radical (unpaired) electrons. The second-order valence-electron chi connectivity index (χ2n) is 6.81. The lowest BCUT2D eigenvalue weighted by molar-refractivity contribution is -0.136. The fourth-order valence-corrected chi connectivity index (χ4v) is 5.00. The summed E-state index contributed by atoms with van der Waals surface area (Å²) in [6.07, 6.45) is 1.15. The number of hydrogen-bond acceptors (Lipinski definition) is 5. The number of aromatic nitrogens is 2. The molecule has 0 aliphatic heterocycles. The summed E-state index contributed by atoms with van der Waals surface area (Å²) in [6.45, 7) is 1.51. The molecule has 31 heavy (non-hydrogen) atoms. The molecule has 0 spiro atoms. The maximum Gasteiger partial charge on any atom is 0.307 e. The Morgan fingerprint density at radius 3 is 2.52 bits per heavy atom. The van der Waals surface area contributed by atoms with Crippen LogP contribution in [0.4, 0.5) is 4.39 Å². The van der Waals surface area contributed by atoms with Crippen molar-refractivity contribution in [1.82, 2.24) is 8.96 Å². The highest BCUT2D eigenvalue weighted by molar-refractivity contribution is 7.90. The van der Waals surface area contributed by atoms with E-state index in [-0.39, 0.29) is 27.1 Å². The van der Waals surface area contributed by atoms with Gasteiger partial charge in [0, 0.05) is 23.3 Å². The molecule has 1 N–H and O–H groups in total. The molecule has 0 amide bonds. The first-order valence-corrected chi connectivity index (χ1v) is 10.7. The molecule has 0 aliphatic carbocycles. The van der Waals surface area contributed by atoms with E-state index in [9.17, 15) is 22.7 Å². The SMILES string of the molecule is Cc1c(CC(=O)O)c2cc(F)ccc2n1S(=O)(=O)c1ccc(Oc2ccccn2)cc1. The summed E-state index contributed by atoms with van der Waals surface area (Å²) in [4.78, 5) is 15.3. The topological polar surface area (TPSA) is 98.5 Å². The van der Waals surface area contributed by atoms with Crippen molar-refractivity contribution in [2.45, 2.75) is 18.2 Å². The number of ether oxygens (including phenoxy) is 1. The maximum atomic E-state index is 13.8. The van der Waals surface area contributed by atoms with Crippen molar-refractivity contribution in [2.75, 3.05) is 0 Å². The van der Waals surface area contributed by atoms with Crippen LogP contribution in [0.2, 0.25) is 0 Å². The van der Waals surface area contributed by atoms with E-state index in [1.165, 1.54) is 37.3 Å². The fraction of sp³-hybridized carbons (Fsp3) is 0.0909. The first kappa shape index (κ1) is 20.5. The van der Waals surface area contributed by atoms with Crippen molar-refractivity contribution in [3.63, 3.8) is 0 Å². The molecule has 7 nitrogen and oxygen atoms in total. The lowest BCUT2D eigenvalue weighted by atomic mass is 10.1. The van der Waals surface area contributed by atoms with Gasteiger partial charge in [-0.1, -0.05) is 6.07 Å². The Hall–Kier alpha value is -3.72. The van der Waals surface area contributed by atoms with Gasteiger partial charge in [0.15, 0.2) is 0 Å². The molecule has 2 aromatic heterocycles. The Labute approximate surface area is 177 Å². The van der Waals surface area contributed by atoms with Crippen LogP contribution in [0.1, 0.15) is 11.3 Å². The quantitative estimate of drug-likeness (QED) is 0.484. The number of carboxylic acids is 1. The summed E-state index contributed by atoms with van der Waals surface area (Å²) >= 11 is 0. The van der Waals surface area contributed by atoms with Crippen LogP contribution in [0.5, 0.6) is 11.6 Å². The van der Waals surface area contributed by atoms with E-state index in [4.69, 9.17) is 4.74 Å². The molecule has 158 valence electrons. The number of carbonyl (C=O) groups is 1. The monoisotopic (exact) mass is 440 g/mol. The van der Waals surface area contributed by atoms with E-state index >= 15 is 0 Å². The Morgan fingerprint density at radius 1 is 1.13 bits per heavy atom. The largest absolute Gasteiger partial charge is 0.481 e. The number of fused-ring (bicyclic) bond motifs is 1. The van der Waals surface area contributed by atoms with Gasteiger partial charge in [-0.3, -0.25) is 4.79 Å². The standard InChI is InChI=1S/C22H17FN2O5S/c1-14-18(13-22(26)27)19-12-15(23)5-10-20(19)25(14)31(28,29)17-8-6-16(7-9-17)30-21-4-2-3-11-24-21/h2-12H,13H2,1H3,(H,26,27). The van der Waals surface area contributed by atoms with Gasteiger partial charge in [-0.25, -0.2) is 21.8 Å². The van der Waals surface area contributed by atoms with Crippen LogP contribution in [0.25, 0.3) is 10.9 Å². The van der Waals surface area contributed by atoms with E-state index in [0.29, 0.717) is 11.6 Å². The van der Waals surface area contributed by atoms with E-state index < -0.39 is 28.2 Å². The van der Waals surface area contributed by atoms with Crippen molar-refractivity contribution in [1.29, 1.82) is 0 Å². The zero-order valence-electron chi connectivity index (χ0n) is 16.3. The summed E-state index contributed by atoms with van der Waals surface area (Å²) in [5.74, 6) is -0.949. The van der Waals surface area contributed by atoms with Gasteiger partial charge in [0.2, 0.25) is 5.88 Å². The van der Waals surface area contributed by atoms with Gasteiger partial charge in [0.1, 0.15) is 11.6 Å². The molecule has 0 atom stereocenters. The van der Waals surface area contributed by atoms with Crippen LogP contribution in [0.15, 0.2) is 71.8 Å². The van der Waals surface area contributed by atoms with Crippen molar-refractivity contribution >= 4 is 26.9 Å². The highest BCUT2D eigenvalue weighted by atomic mass is 32.2. The lowest BCUT2D eigenvalue weighted by Crippen LogP contribution is -2.15. The summed E-state index contributed by atoms with van der Waals surface area (Å²) in [5.41, 5.74) is 0.682.